The average Bonchev–Trinajstić information content (AvgIpc) is 2.95. The minimum absolute atomic E-state index is 0.242. The third-order valence-electron chi connectivity index (χ3n) is 5.44. The van der Waals surface area contributed by atoms with Crippen LogP contribution in [0.5, 0.6) is 0 Å². The van der Waals surface area contributed by atoms with Gasteiger partial charge in [-0.1, -0.05) is 18.2 Å². The van der Waals surface area contributed by atoms with Gasteiger partial charge in [0.15, 0.2) is 0 Å². The van der Waals surface area contributed by atoms with E-state index in [1.54, 1.807) is 30.6 Å². The van der Waals surface area contributed by atoms with Gasteiger partial charge in [0.1, 0.15) is 0 Å². The van der Waals surface area contributed by atoms with Crippen molar-refractivity contribution in [2.24, 2.45) is 0 Å². The number of aromatic nitrogens is 1. The number of carbonyl (C=O) groups is 1. The Kier molecular flexibility index (Phi) is 9.77. The number of carbonyl (C=O) groups excluding carboxylic acids is 1. The number of carboxylic acid groups (broad SMARTS) is 1. The quantitative estimate of drug-likeness (QED) is 0.212. The fraction of sp³-hybridized carbons (Fsp3) is 0.0323. The molecule has 5 heteroatoms. The van der Waals surface area contributed by atoms with Gasteiger partial charge in [0.25, 0.3) is 0 Å². The van der Waals surface area contributed by atoms with Crippen LogP contribution in [-0.4, -0.2) is 30.7 Å². The second-order valence-corrected chi connectivity index (χ2v) is 16.0. The predicted octanol–water partition coefficient (Wildman–Crippen LogP) is 3.94. The molecule has 0 N–H and O–H groups in total. The van der Waals surface area contributed by atoms with Crippen LogP contribution in [0, 0.1) is 0 Å². The van der Waals surface area contributed by atoms with E-state index in [9.17, 15) is 9.90 Å². The Morgan fingerprint density at radius 1 is 0.639 bits per heavy atom. The summed E-state index contributed by atoms with van der Waals surface area (Å²) in [6.45, 7) is 0. The average molecular weight is 594 g/mol. The molecule has 0 unspecified atom stereocenters. The van der Waals surface area contributed by atoms with Gasteiger partial charge >= 0.3 is 121 Å². The van der Waals surface area contributed by atoms with E-state index in [-0.39, 0.29) is 5.56 Å². The molecule has 0 spiro atoms. The summed E-state index contributed by atoms with van der Waals surface area (Å²) in [5.74, 6) is -0.421. The Labute approximate surface area is 223 Å². The van der Waals surface area contributed by atoms with Crippen molar-refractivity contribution in [3.8, 4) is 0 Å². The van der Waals surface area contributed by atoms with Crippen LogP contribution in [0.25, 0.3) is 0 Å². The fourth-order valence-corrected chi connectivity index (χ4v) is 12.1. The Hall–Kier alpha value is -3.35. The van der Waals surface area contributed by atoms with Crippen LogP contribution in [0.2, 0.25) is 0 Å². The molecule has 176 valence electrons. The summed E-state index contributed by atoms with van der Waals surface area (Å²) < 4.78 is 4.59. The molecule has 0 aliphatic heterocycles. The summed E-state index contributed by atoms with van der Waals surface area (Å²) >= 11 is -0.502. The van der Waals surface area contributed by atoms with Crippen molar-refractivity contribution in [3.05, 3.63) is 151 Å². The number of carboxylic acids is 1. The number of thioether (sulfide) groups is 1. The van der Waals surface area contributed by atoms with Crippen LogP contribution in [0.15, 0.2) is 145 Å². The molecule has 0 amide bonds. The molecule has 5 rings (SSSR count). The zero-order chi connectivity index (χ0) is 25.0. The summed E-state index contributed by atoms with van der Waals surface area (Å²) in [6.07, 6.45) is 3.45. The van der Waals surface area contributed by atoms with Gasteiger partial charge in [0, 0.05) is 28.6 Å². The first-order valence-corrected chi connectivity index (χ1v) is 16.8. The number of pyridine rings is 1. The van der Waals surface area contributed by atoms with Gasteiger partial charge in [-0.3, -0.25) is 4.98 Å². The van der Waals surface area contributed by atoms with Crippen molar-refractivity contribution in [3.63, 3.8) is 0 Å². The van der Waals surface area contributed by atoms with Crippen LogP contribution in [0.3, 0.4) is 0 Å². The van der Waals surface area contributed by atoms with Gasteiger partial charge in [0.2, 0.25) is 0 Å². The van der Waals surface area contributed by atoms with Gasteiger partial charge in [-0.2, -0.15) is 0 Å². The molecule has 0 saturated heterocycles. The van der Waals surface area contributed by atoms with Crippen LogP contribution >= 0.6 is 11.8 Å². The van der Waals surface area contributed by atoms with Crippen molar-refractivity contribution in [2.75, 3.05) is 0 Å². The summed E-state index contributed by atoms with van der Waals surface area (Å²) in [5.41, 5.74) is 1.35. The van der Waals surface area contributed by atoms with E-state index in [2.05, 4.69) is 96.0 Å². The molecular formula is C31H25NO2SSn. The molecular weight excluding hydrogens is 569 g/mol. The summed E-state index contributed by atoms with van der Waals surface area (Å²) in [6, 6.07) is 43.6. The van der Waals surface area contributed by atoms with E-state index in [1.807, 2.05) is 18.2 Å². The third kappa shape index (κ3) is 7.32. The Morgan fingerprint density at radius 2 is 1.08 bits per heavy atom. The summed E-state index contributed by atoms with van der Waals surface area (Å²) in [7, 11) is 0. The second-order valence-electron chi connectivity index (χ2n) is 7.90. The van der Waals surface area contributed by atoms with Gasteiger partial charge < -0.3 is 9.90 Å². The maximum absolute atomic E-state index is 10.9. The van der Waals surface area contributed by atoms with Crippen LogP contribution < -0.4 is 15.8 Å². The molecule has 3 nitrogen and oxygen atoms in total. The van der Waals surface area contributed by atoms with Crippen molar-refractivity contribution in [1.29, 1.82) is 0 Å². The number of benzene rings is 4. The number of hydrogen-bond donors (Lipinski definition) is 0. The zero-order valence-corrected chi connectivity index (χ0v) is 23.3. The van der Waals surface area contributed by atoms with E-state index in [0.717, 1.165) is 10.5 Å². The van der Waals surface area contributed by atoms with Crippen LogP contribution in [0.4, 0.5) is 0 Å². The van der Waals surface area contributed by atoms with Crippen molar-refractivity contribution < 1.29 is 9.90 Å². The molecule has 1 heterocycles. The fourth-order valence-electron chi connectivity index (χ4n) is 3.72. The summed E-state index contributed by atoms with van der Waals surface area (Å²) in [4.78, 5) is 15.6. The molecule has 0 atom stereocenters. The molecule has 0 aliphatic carbocycles. The molecule has 0 bridgehead atoms. The molecule has 0 radical (unpaired) electrons. The third-order valence-corrected chi connectivity index (χ3v) is 14.4. The van der Waals surface area contributed by atoms with Crippen molar-refractivity contribution in [2.45, 2.75) is 10.6 Å². The Bertz CT molecular complexity index is 1260. The van der Waals surface area contributed by atoms with Crippen LogP contribution in [0.1, 0.15) is 15.9 Å². The molecule has 0 fully saturated rings. The number of hydrogen-bond acceptors (Lipinski definition) is 4. The minimum atomic E-state index is -1.98. The number of rotatable bonds is 7. The standard InChI is InChI=1S/C13H11NO2S.3C6H5.Sn/c15-13(16)11-3-1-2-4-12(11)17-9-10-5-7-14-8-6-10;3*1-2-4-6-5-3-1;/h1-8H,9H2,(H,15,16);3*1-5H;/q;;;;+1/p-1. The first-order valence-electron chi connectivity index (χ1n) is 11.6. The first kappa shape index (κ1) is 25.7. The van der Waals surface area contributed by atoms with Crippen molar-refractivity contribution in [1.82, 2.24) is 4.98 Å². The topological polar surface area (TPSA) is 53.0 Å². The first-order chi connectivity index (χ1) is 17.7. The van der Waals surface area contributed by atoms with Gasteiger partial charge in [-0.05, 0) is 23.8 Å². The maximum atomic E-state index is 10.9. The molecule has 5 aromatic rings. The van der Waals surface area contributed by atoms with Crippen LogP contribution in [-0.2, 0) is 5.75 Å². The SMILES string of the molecule is O=C([O-])c1ccccc1SCc1ccncc1.c1cc[c]([Sn+]([c]2ccccc2)[c]2ccccc2)cc1. The molecule has 0 aliphatic rings. The predicted molar refractivity (Wildman–Crippen MR) is 149 cm³/mol. The van der Waals surface area contributed by atoms with E-state index in [4.69, 9.17) is 0 Å². The second kappa shape index (κ2) is 13.7. The van der Waals surface area contributed by atoms with E-state index in [0.29, 0.717) is 5.75 Å². The molecule has 0 saturated carbocycles. The van der Waals surface area contributed by atoms with E-state index < -0.39 is 25.7 Å². The monoisotopic (exact) mass is 595 g/mol. The normalized spacial score (nSPS) is 10.1. The van der Waals surface area contributed by atoms with Crippen molar-refractivity contribution >= 4 is 48.2 Å². The zero-order valence-electron chi connectivity index (χ0n) is 19.7. The number of nitrogens with zero attached hydrogens (tertiary/aromatic N) is 1. The molecule has 36 heavy (non-hydrogen) atoms. The van der Waals surface area contributed by atoms with Gasteiger partial charge in [-0.15, -0.1) is 11.8 Å². The van der Waals surface area contributed by atoms with Gasteiger partial charge in [0.05, 0.1) is 5.97 Å². The summed E-state index contributed by atoms with van der Waals surface area (Å²) in [5, 5.41) is 10.9. The Morgan fingerprint density at radius 3 is 1.56 bits per heavy atom. The van der Waals surface area contributed by atoms with E-state index in [1.165, 1.54) is 22.5 Å². The van der Waals surface area contributed by atoms with Gasteiger partial charge in [-0.25, -0.2) is 0 Å². The van der Waals surface area contributed by atoms with E-state index >= 15 is 0 Å². The number of aromatic carboxylic acids is 1. The molecule has 4 aromatic carbocycles. The Balaban J connectivity index is 0.000000170. The molecule has 1 aromatic heterocycles.